The molecule has 0 amide bonds. The third-order valence-electron chi connectivity index (χ3n) is 3.92. The molecule has 0 fully saturated rings. The van der Waals surface area contributed by atoms with E-state index in [1.54, 1.807) is 6.92 Å². The lowest BCUT2D eigenvalue weighted by Crippen LogP contribution is -2.38. The average molecular weight is 396 g/mol. The van der Waals surface area contributed by atoms with Gasteiger partial charge in [0.25, 0.3) is 0 Å². The number of carboxylic acid groups (broad SMARTS) is 1. The van der Waals surface area contributed by atoms with Crippen LogP contribution in [0.1, 0.15) is 22.4 Å². The van der Waals surface area contributed by atoms with Gasteiger partial charge in [-0.1, -0.05) is 30.3 Å². The van der Waals surface area contributed by atoms with Gasteiger partial charge in [-0.05, 0) is 18.9 Å². The van der Waals surface area contributed by atoms with Gasteiger partial charge in [-0.15, -0.1) is 0 Å². The highest BCUT2D eigenvalue weighted by molar-refractivity contribution is 7.46. The zero-order chi connectivity index (χ0) is 20.0. The molecule has 1 heterocycles. The van der Waals surface area contributed by atoms with Gasteiger partial charge < -0.3 is 20.0 Å². The third kappa shape index (κ3) is 6.42. The monoisotopic (exact) mass is 396 g/mol. The first kappa shape index (κ1) is 21.0. The Morgan fingerprint density at radius 3 is 2.56 bits per heavy atom. The summed E-state index contributed by atoms with van der Waals surface area (Å²) in [5.74, 6) is -1.24. The number of carbonyl (C=O) groups is 1. The molecule has 0 bridgehead atoms. The second kappa shape index (κ2) is 9.07. The van der Waals surface area contributed by atoms with Crippen molar-refractivity contribution in [3.63, 3.8) is 0 Å². The number of aliphatic carboxylic acids is 1. The van der Waals surface area contributed by atoms with Crippen LogP contribution in [0, 0.1) is 6.92 Å². The first-order chi connectivity index (χ1) is 12.7. The summed E-state index contributed by atoms with van der Waals surface area (Å²) in [6.45, 7) is 1.04. The number of rotatable bonds is 9. The number of carboxylic acids is 1. The van der Waals surface area contributed by atoms with Crippen molar-refractivity contribution >= 4 is 13.8 Å². The maximum Gasteiger partial charge on any atom is 0.469 e. The average Bonchev–Trinajstić information content (AvgIpc) is 2.60. The molecule has 0 aliphatic heterocycles. The van der Waals surface area contributed by atoms with Crippen molar-refractivity contribution in [1.82, 2.24) is 10.3 Å². The number of nitrogens with one attached hydrogen (secondary N) is 1. The van der Waals surface area contributed by atoms with Crippen LogP contribution in [0.2, 0.25) is 0 Å². The Kier molecular flexibility index (Phi) is 7.06. The zero-order valence-electron chi connectivity index (χ0n) is 14.6. The lowest BCUT2D eigenvalue weighted by molar-refractivity contribution is -0.139. The molecule has 0 saturated heterocycles. The highest BCUT2D eigenvalue weighted by Crippen LogP contribution is 2.38. The second-order valence-corrected chi connectivity index (χ2v) is 7.16. The molecule has 2 aromatic rings. The number of pyridine rings is 1. The van der Waals surface area contributed by atoms with Crippen LogP contribution in [-0.4, -0.2) is 37.0 Å². The maximum atomic E-state index is 11.6. The molecule has 27 heavy (non-hydrogen) atoms. The van der Waals surface area contributed by atoms with Crippen LogP contribution >= 0.6 is 7.82 Å². The van der Waals surface area contributed by atoms with E-state index in [9.17, 15) is 19.6 Å². The maximum absolute atomic E-state index is 11.6. The fourth-order valence-electron chi connectivity index (χ4n) is 2.48. The standard InChI is InChI=1S/C17H21N2O7P/c1-11-16(20)14(13(8-18-11)10-26-27(23,24)25)9-19-15(17(21)22)7-12-5-3-2-4-6-12/h2-6,8,15,19-20H,7,9-10H2,1H3,(H,21,22)(H2,23,24,25)/t15-/m1/s1. The normalized spacial score (nSPS) is 12.7. The number of aromatic nitrogens is 1. The molecule has 2 rings (SSSR count). The van der Waals surface area contributed by atoms with E-state index in [-0.39, 0.29) is 29.8 Å². The van der Waals surface area contributed by atoms with Gasteiger partial charge in [0.05, 0.1) is 12.3 Å². The Labute approximate surface area is 155 Å². The quantitative estimate of drug-likeness (QED) is 0.397. The molecular weight excluding hydrogens is 375 g/mol. The fraction of sp³-hybridized carbons (Fsp3) is 0.294. The Hall–Kier alpha value is -2.29. The largest absolute Gasteiger partial charge is 0.506 e. The number of aromatic hydroxyl groups is 1. The molecule has 0 aliphatic rings. The summed E-state index contributed by atoms with van der Waals surface area (Å²) in [5.41, 5.74) is 1.66. The topological polar surface area (TPSA) is 149 Å². The third-order valence-corrected chi connectivity index (χ3v) is 4.39. The molecule has 5 N–H and O–H groups in total. The number of hydrogen-bond donors (Lipinski definition) is 5. The van der Waals surface area contributed by atoms with E-state index in [1.807, 2.05) is 30.3 Å². The smallest absolute Gasteiger partial charge is 0.469 e. The minimum absolute atomic E-state index is 0.0428. The van der Waals surface area contributed by atoms with Crippen LogP contribution in [0.3, 0.4) is 0 Å². The SMILES string of the molecule is Cc1ncc(COP(=O)(O)O)c(CN[C@H](Cc2ccccc2)C(=O)O)c1O. The van der Waals surface area contributed by atoms with Gasteiger partial charge in [0, 0.05) is 23.9 Å². The van der Waals surface area contributed by atoms with Crippen LogP contribution in [0.15, 0.2) is 36.5 Å². The first-order valence-electron chi connectivity index (χ1n) is 8.04. The van der Waals surface area contributed by atoms with E-state index in [4.69, 9.17) is 9.79 Å². The molecule has 0 spiro atoms. The fourth-order valence-corrected chi connectivity index (χ4v) is 2.79. The predicted molar refractivity (Wildman–Crippen MR) is 95.9 cm³/mol. The van der Waals surface area contributed by atoms with Crippen molar-refractivity contribution in [2.24, 2.45) is 0 Å². The molecule has 146 valence electrons. The number of benzene rings is 1. The highest BCUT2D eigenvalue weighted by atomic mass is 31.2. The predicted octanol–water partition coefficient (Wildman–Crippen LogP) is 1.49. The van der Waals surface area contributed by atoms with E-state index in [2.05, 4.69) is 14.8 Å². The van der Waals surface area contributed by atoms with Crippen molar-refractivity contribution in [2.75, 3.05) is 0 Å². The van der Waals surface area contributed by atoms with Crippen molar-refractivity contribution < 1.29 is 33.9 Å². The van der Waals surface area contributed by atoms with Crippen LogP contribution < -0.4 is 5.32 Å². The lowest BCUT2D eigenvalue weighted by atomic mass is 10.0. The minimum Gasteiger partial charge on any atom is -0.506 e. The Morgan fingerprint density at radius 1 is 1.30 bits per heavy atom. The van der Waals surface area contributed by atoms with Gasteiger partial charge in [-0.25, -0.2) is 4.57 Å². The van der Waals surface area contributed by atoms with Crippen LogP contribution in [0.5, 0.6) is 5.75 Å². The molecule has 0 aliphatic carbocycles. The summed E-state index contributed by atoms with van der Waals surface area (Å²) >= 11 is 0. The van der Waals surface area contributed by atoms with E-state index in [1.165, 1.54) is 6.20 Å². The molecule has 1 atom stereocenters. The van der Waals surface area contributed by atoms with Gasteiger partial charge in [-0.2, -0.15) is 0 Å². The molecule has 0 unspecified atom stereocenters. The zero-order valence-corrected chi connectivity index (χ0v) is 15.5. The summed E-state index contributed by atoms with van der Waals surface area (Å²) < 4.78 is 15.4. The first-order valence-corrected chi connectivity index (χ1v) is 9.57. The number of nitrogens with zero attached hydrogens (tertiary/aromatic N) is 1. The second-order valence-electron chi connectivity index (χ2n) is 5.92. The summed E-state index contributed by atoms with van der Waals surface area (Å²) in [4.78, 5) is 33.2. The molecule has 10 heteroatoms. The van der Waals surface area contributed by atoms with Crippen molar-refractivity contribution in [1.29, 1.82) is 0 Å². The summed E-state index contributed by atoms with van der Waals surface area (Å²) in [6, 6.07) is 8.15. The van der Waals surface area contributed by atoms with Crippen molar-refractivity contribution in [3.8, 4) is 5.75 Å². The summed E-state index contributed by atoms with van der Waals surface area (Å²) in [6.07, 6.45) is 1.56. The van der Waals surface area contributed by atoms with E-state index >= 15 is 0 Å². The summed E-state index contributed by atoms with van der Waals surface area (Å²) in [7, 11) is -4.70. The van der Waals surface area contributed by atoms with Gasteiger partial charge in [0.2, 0.25) is 0 Å². The minimum atomic E-state index is -4.70. The molecule has 9 nitrogen and oxygen atoms in total. The lowest BCUT2D eigenvalue weighted by Gasteiger charge is -2.18. The number of hydrogen-bond acceptors (Lipinski definition) is 6. The molecule has 0 saturated carbocycles. The molecule has 1 aromatic carbocycles. The van der Waals surface area contributed by atoms with Crippen LogP contribution in [-0.2, 0) is 33.5 Å². The molecule has 0 radical (unpaired) electrons. The van der Waals surface area contributed by atoms with Gasteiger partial charge in [-0.3, -0.25) is 19.6 Å². The van der Waals surface area contributed by atoms with E-state index in [0.717, 1.165) is 5.56 Å². The Morgan fingerprint density at radius 2 is 1.96 bits per heavy atom. The Bertz CT molecular complexity index is 839. The Balaban J connectivity index is 2.17. The number of aryl methyl sites for hydroxylation is 1. The van der Waals surface area contributed by atoms with E-state index in [0.29, 0.717) is 5.69 Å². The van der Waals surface area contributed by atoms with Gasteiger partial charge in [0.15, 0.2) is 0 Å². The van der Waals surface area contributed by atoms with Gasteiger partial charge in [0.1, 0.15) is 11.8 Å². The highest BCUT2D eigenvalue weighted by Gasteiger charge is 2.21. The van der Waals surface area contributed by atoms with Crippen LogP contribution in [0.25, 0.3) is 0 Å². The van der Waals surface area contributed by atoms with Crippen LogP contribution in [0.4, 0.5) is 0 Å². The number of phosphoric ester groups is 1. The van der Waals surface area contributed by atoms with E-state index < -0.39 is 26.4 Å². The van der Waals surface area contributed by atoms with Crippen molar-refractivity contribution in [3.05, 3.63) is 58.9 Å². The molecule has 1 aromatic heterocycles. The van der Waals surface area contributed by atoms with Gasteiger partial charge >= 0.3 is 13.8 Å². The molecular formula is C17H21N2O7P. The number of phosphoric acid groups is 1. The van der Waals surface area contributed by atoms with Crippen molar-refractivity contribution in [2.45, 2.75) is 32.5 Å². The summed E-state index contributed by atoms with van der Waals surface area (Å²) in [5, 5.41) is 22.6.